The molecule has 1 saturated carbocycles. The molecule has 178 valence electrons. The molecule has 0 amide bonds. The maximum atomic E-state index is 12.4. The molecule has 3 N–H and O–H groups in total. The van der Waals surface area contributed by atoms with Crippen molar-refractivity contribution >= 4 is 28.4 Å². The van der Waals surface area contributed by atoms with Crippen molar-refractivity contribution in [2.24, 2.45) is 5.73 Å². The molecule has 3 aromatic rings. The molecule has 2 aliphatic rings. The monoisotopic (exact) mass is 461 g/mol. The lowest BCUT2D eigenvalue weighted by atomic mass is 9.84. The zero-order valence-corrected chi connectivity index (χ0v) is 20.3. The summed E-state index contributed by atoms with van der Waals surface area (Å²) in [5, 5.41) is 5.07. The fourth-order valence-electron chi connectivity index (χ4n) is 4.32. The first-order valence-corrected chi connectivity index (χ1v) is 11.8. The highest BCUT2D eigenvalue weighted by molar-refractivity contribution is 5.93. The van der Waals surface area contributed by atoms with Crippen LogP contribution in [0.2, 0.25) is 0 Å². The maximum absolute atomic E-state index is 12.4. The Labute approximate surface area is 199 Å². The van der Waals surface area contributed by atoms with Crippen LogP contribution in [0.5, 0.6) is 5.88 Å². The van der Waals surface area contributed by atoms with Gasteiger partial charge in [-0.2, -0.15) is 0 Å². The van der Waals surface area contributed by atoms with Crippen LogP contribution in [-0.4, -0.2) is 32.6 Å². The van der Waals surface area contributed by atoms with Crippen molar-refractivity contribution in [3.8, 4) is 5.88 Å². The van der Waals surface area contributed by atoms with Crippen LogP contribution in [0.25, 0.3) is 10.8 Å². The van der Waals surface area contributed by atoms with Crippen LogP contribution in [0.3, 0.4) is 0 Å². The van der Waals surface area contributed by atoms with E-state index in [2.05, 4.69) is 15.3 Å². The van der Waals surface area contributed by atoms with Crippen LogP contribution in [0.1, 0.15) is 81.4 Å². The van der Waals surface area contributed by atoms with E-state index in [4.69, 9.17) is 20.2 Å². The van der Waals surface area contributed by atoms with Crippen molar-refractivity contribution in [3.05, 3.63) is 47.4 Å². The average Bonchev–Trinajstić information content (AvgIpc) is 2.73. The van der Waals surface area contributed by atoms with Gasteiger partial charge in [-0.25, -0.2) is 19.7 Å². The lowest BCUT2D eigenvalue weighted by molar-refractivity contribution is -0.0189. The Bertz CT molecular complexity index is 1280. The van der Waals surface area contributed by atoms with Gasteiger partial charge in [0.15, 0.2) is 0 Å². The first-order chi connectivity index (χ1) is 16.0. The standard InChI is InChI=1S/C26H31N5O3/c1-14-22-16(24(32)34-26(14,4)5)9-10-20(31-22)30-21-11-17-18(12-28-21)23(33-15-7-6-8-15)29-13-19(17)25(2,3)27/h9-15H,6-8,27H2,1-5H3,(H,28,30,31)/t14-/m1/s1. The number of hydrogen-bond acceptors (Lipinski definition) is 8. The molecule has 34 heavy (non-hydrogen) atoms. The summed E-state index contributed by atoms with van der Waals surface area (Å²) in [7, 11) is 0. The third-order valence-electron chi connectivity index (χ3n) is 6.97. The molecule has 0 saturated heterocycles. The first kappa shape index (κ1) is 22.5. The molecule has 1 atom stereocenters. The summed E-state index contributed by atoms with van der Waals surface area (Å²) >= 11 is 0. The van der Waals surface area contributed by atoms with Crippen molar-refractivity contribution in [3.63, 3.8) is 0 Å². The van der Waals surface area contributed by atoms with Gasteiger partial charge in [-0.1, -0.05) is 6.92 Å². The largest absolute Gasteiger partial charge is 0.474 e. The Kier molecular flexibility index (Phi) is 5.24. The Hall–Kier alpha value is -3.26. The molecule has 1 aliphatic carbocycles. The summed E-state index contributed by atoms with van der Waals surface area (Å²) in [4.78, 5) is 26.3. The van der Waals surface area contributed by atoms with Gasteiger partial charge in [0, 0.05) is 23.9 Å². The van der Waals surface area contributed by atoms with Crippen LogP contribution in [0, 0.1) is 0 Å². The molecule has 1 aliphatic heterocycles. The predicted octanol–water partition coefficient (Wildman–Crippen LogP) is 4.95. The third-order valence-corrected chi connectivity index (χ3v) is 6.97. The number of nitrogens with zero attached hydrogens (tertiary/aromatic N) is 3. The highest BCUT2D eigenvalue weighted by Crippen LogP contribution is 2.38. The molecule has 0 aromatic carbocycles. The number of ether oxygens (including phenoxy) is 2. The van der Waals surface area contributed by atoms with E-state index in [-0.39, 0.29) is 18.0 Å². The van der Waals surface area contributed by atoms with E-state index in [1.807, 2.05) is 40.7 Å². The molecule has 0 unspecified atom stereocenters. The van der Waals surface area contributed by atoms with Crippen molar-refractivity contribution < 1.29 is 14.3 Å². The fourth-order valence-corrected chi connectivity index (χ4v) is 4.32. The topological polar surface area (TPSA) is 112 Å². The molecule has 8 nitrogen and oxygen atoms in total. The molecule has 0 radical (unpaired) electrons. The van der Waals surface area contributed by atoms with E-state index in [1.54, 1.807) is 24.5 Å². The number of pyridine rings is 3. The highest BCUT2D eigenvalue weighted by atomic mass is 16.6. The number of hydrogen-bond donors (Lipinski definition) is 2. The minimum atomic E-state index is -0.623. The van der Waals surface area contributed by atoms with E-state index < -0.39 is 11.1 Å². The number of carbonyl (C=O) groups excluding carboxylic acids is 1. The van der Waals surface area contributed by atoms with Gasteiger partial charge in [-0.3, -0.25) is 0 Å². The quantitative estimate of drug-likeness (QED) is 0.514. The summed E-state index contributed by atoms with van der Waals surface area (Å²) in [5.41, 5.74) is 7.38. The number of nitrogens with two attached hydrogens (primary N) is 1. The van der Waals surface area contributed by atoms with Crippen LogP contribution < -0.4 is 15.8 Å². The minimum absolute atomic E-state index is 0.0477. The Morgan fingerprint density at radius 2 is 1.91 bits per heavy atom. The minimum Gasteiger partial charge on any atom is -0.474 e. The Balaban J connectivity index is 1.52. The Morgan fingerprint density at radius 3 is 2.59 bits per heavy atom. The van der Waals surface area contributed by atoms with Gasteiger partial charge in [0.05, 0.1) is 16.6 Å². The second kappa shape index (κ2) is 7.91. The van der Waals surface area contributed by atoms with Gasteiger partial charge in [0.25, 0.3) is 0 Å². The number of esters is 1. The van der Waals surface area contributed by atoms with Crippen LogP contribution >= 0.6 is 0 Å². The third kappa shape index (κ3) is 3.96. The molecule has 8 heteroatoms. The number of cyclic esters (lactones) is 1. The smallest absolute Gasteiger partial charge is 0.340 e. The molecule has 3 aromatic heterocycles. The molecular weight excluding hydrogens is 430 g/mol. The van der Waals surface area contributed by atoms with Crippen LogP contribution in [0.15, 0.2) is 30.6 Å². The SMILES string of the molecule is C[C@@H]1c2nc(Nc3cc4c(C(C)(C)N)cnc(OC5CCC5)c4cn3)ccc2C(=O)OC1(C)C. The van der Waals surface area contributed by atoms with Crippen molar-refractivity contribution in [2.45, 2.75) is 77.0 Å². The maximum Gasteiger partial charge on any atom is 0.340 e. The molecule has 0 spiro atoms. The zero-order chi connectivity index (χ0) is 24.3. The van der Waals surface area contributed by atoms with Gasteiger partial charge < -0.3 is 20.5 Å². The van der Waals surface area contributed by atoms with Gasteiger partial charge in [0.1, 0.15) is 23.3 Å². The molecule has 5 rings (SSSR count). The Morgan fingerprint density at radius 1 is 1.15 bits per heavy atom. The number of anilines is 2. The van der Waals surface area contributed by atoms with E-state index >= 15 is 0 Å². The second-order valence-corrected chi connectivity index (χ2v) is 10.5. The number of rotatable bonds is 5. The zero-order valence-electron chi connectivity index (χ0n) is 20.3. The molecular formula is C26H31N5O3. The predicted molar refractivity (Wildman–Crippen MR) is 130 cm³/mol. The lowest BCUT2D eigenvalue weighted by Crippen LogP contribution is -2.39. The summed E-state index contributed by atoms with van der Waals surface area (Å²) in [5.74, 6) is 1.43. The number of fused-ring (bicyclic) bond motifs is 2. The number of aromatic nitrogens is 3. The normalized spacial score (nSPS) is 19.8. The van der Waals surface area contributed by atoms with Crippen molar-refractivity contribution in [2.75, 3.05) is 5.32 Å². The first-order valence-electron chi connectivity index (χ1n) is 11.8. The number of carbonyl (C=O) groups is 1. The van der Waals surface area contributed by atoms with Crippen molar-refractivity contribution in [1.29, 1.82) is 0 Å². The number of nitrogens with one attached hydrogen (secondary N) is 1. The molecule has 4 heterocycles. The fraction of sp³-hybridized carbons (Fsp3) is 0.462. The van der Waals surface area contributed by atoms with Crippen molar-refractivity contribution in [1.82, 2.24) is 15.0 Å². The molecule has 1 fully saturated rings. The van der Waals surface area contributed by atoms with Gasteiger partial charge in [-0.15, -0.1) is 0 Å². The van der Waals surface area contributed by atoms with Crippen LogP contribution in [-0.2, 0) is 10.3 Å². The summed E-state index contributed by atoms with van der Waals surface area (Å²) < 4.78 is 11.7. The highest BCUT2D eigenvalue weighted by Gasteiger charge is 2.40. The summed E-state index contributed by atoms with van der Waals surface area (Å²) in [6.07, 6.45) is 7.06. The molecule has 0 bridgehead atoms. The average molecular weight is 462 g/mol. The van der Waals surface area contributed by atoms with E-state index in [9.17, 15) is 4.79 Å². The van der Waals surface area contributed by atoms with Crippen LogP contribution in [0.4, 0.5) is 11.6 Å². The van der Waals surface area contributed by atoms with Gasteiger partial charge in [-0.05, 0) is 76.1 Å². The summed E-state index contributed by atoms with van der Waals surface area (Å²) in [6.45, 7) is 9.73. The van der Waals surface area contributed by atoms with E-state index in [0.717, 1.165) is 34.9 Å². The van der Waals surface area contributed by atoms with E-state index in [1.165, 1.54) is 6.42 Å². The van der Waals surface area contributed by atoms with Gasteiger partial charge in [0.2, 0.25) is 5.88 Å². The van der Waals surface area contributed by atoms with Gasteiger partial charge >= 0.3 is 5.97 Å². The lowest BCUT2D eigenvalue weighted by Gasteiger charge is -2.36. The second-order valence-electron chi connectivity index (χ2n) is 10.5. The summed E-state index contributed by atoms with van der Waals surface area (Å²) in [6, 6.07) is 5.47. The van der Waals surface area contributed by atoms with E-state index in [0.29, 0.717) is 23.1 Å².